The lowest BCUT2D eigenvalue weighted by Gasteiger charge is -2.21. The number of nitrogen functional groups attached to an aromatic ring is 1. The van der Waals surface area contributed by atoms with Gasteiger partial charge in [-0.05, 0) is 60.2 Å². The summed E-state index contributed by atoms with van der Waals surface area (Å²) in [5.41, 5.74) is 7.41. The number of halogens is 1. The van der Waals surface area contributed by atoms with Crippen LogP contribution in [-0.2, 0) is 19.7 Å². The molecular weight excluding hydrogens is 558 g/mol. The molecule has 0 bridgehead atoms. The van der Waals surface area contributed by atoms with E-state index in [0.717, 1.165) is 0 Å². The van der Waals surface area contributed by atoms with Crippen LogP contribution in [0.1, 0.15) is 0 Å². The van der Waals surface area contributed by atoms with E-state index in [-0.39, 0.29) is 34.3 Å². The van der Waals surface area contributed by atoms with Crippen molar-refractivity contribution < 1.29 is 22.8 Å². The molecule has 13 heteroatoms. The third-order valence-corrected chi connectivity index (χ3v) is 7.76. The number of pyridine rings is 1. The number of sulfonamides is 1. The van der Waals surface area contributed by atoms with E-state index in [0.29, 0.717) is 31.8 Å². The lowest BCUT2D eigenvalue weighted by molar-refractivity contribution is -0.128. The highest BCUT2D eigenvalue weighted by atomic mass is 35.5. The number of methoxy groups -OCH3 is 1. The zero-order chi connectivity index (χ0) is 28.4. The zero-order valence-electron chi connectivity index (χ0n) is 20.8. The van der Waals surface area contributed by atoms with Crippen molar-refractivity contribution in [2.45, 2.75) is 4.90 Å². The third kappa shape index (κ3) is 4.81. The summed E-state index contributed by atoms with van der Waals surface area (Å²) in [5, 5.41) is 0.607. The number of nitrogens with zero attached hydrogens (tertiary/aromatic N) is 4. The van der Waals surface area contributed by atoms with Gasteiger partial charge in [-0.15, -0.1) is 0 Å². The fourth-order valence-electron chi connectivity index (χ4n) is 4.08. The first-order chi connectivity index (χ1) is 19.2. The maximum atomic E-state index is 13.7. The second-order valence-electron chi connectivity index (χ2n) is 8.32. The minimum atomic E-state index is -4.55. The Morgan fingerprint density at radius 2 is 1.73 bits per heavy atom. The fraction of sp³-hybridized carbons (Fsp3) is 0.0370. The Morgan fingerprint density at radius 3 is 2.40 bits per heavy atom. The predicted molar refractivity (Wildman–Crippen MR) is 150 cm³/mol. The largest absolute Gasteiger partial charge is 0.480 e. The highest BCUT2D eigenvalue weighted by molar-refractivity contribution is 7.92. The number of hydrogen-bond donors (Lipinski definition) is 1. The van der Waals surface area contributed by atoms with E-state index in [4.69, 9.17) is 26.9 Å². The number of carbonyl (C=O) groups is 1. The summed E-state index contributed by atoms with van der Waals surface area (Å²) < 4.78 is 34.3. The Labute approximate surface area is 233 Å². The number of para-hydroxylation sites is 1. The van der Waals surface area contributed by atoms with Gasteiger partial charge in [-0.3, -0.25) is 9.59 Å². The molecule has 0 atom stereocenters. The van der Waals surface area contributed by atoms with Crippen molar-refractivity contribution in [1.82, 2.24) is 14.5 Å². The number of ether oxygens (including phenoxy) is 1. The van der Waals surface area contributed by atoms with Crippen molar-refractivity contribution in [3.63, 3.8) is 0 Å². The fourth-order valence-corrected chi connectivity index (χ4v) is 5.57. The van der Waals surface area contributed by atoms with Gasteiger partial charge in [0, 0.05) is 16.8 Å². The average molecular weight is 578 g/mol. The van der Waals surface area contributed by atoms with Crippen LogP contribution in [0.3, 0.4) is 0 Å². The van der Waals surface area contributed by atoms with Gasteiger partial charge in [-0.25, -0.2) is 14.5 Å². The van der Waals surface area contributed by atoms with E-state index in [9.17, 15) is 18.0 Å². The number of benzene rings is 3. The molecule has 0 saturated carbocycles. The second-order valence-corrected chi connectivity index (χ2v) is 10.5. The molecule has 0 aliphatic heterocycles. The van der Waals surface area contributed by atoms with Crippen LogP contribution in [0.4, 0.5) is 11.6 Å². The Bertz CT molecular complexity index is 1900. The molecule has 0 radical (unpaired) electrons. The van der Waals surface area contributed by atoms with Crippen LogP contribution in [0.2, 0.25) is 5.02 Å². The Morgan fingerprint density at radius 1 is 1.00 bits per heavy atom. The number of hydrogen-bond acceptors (Lipinski definition) is 9. The van der Waals surface area contributed by atoms with Crippen molar-refractivity contribution >= 4 is 50.6 Å². The molecule has 40 heavy (non-hydrogen) atoms. The maximum Gasteiger partial charge on any atom is 0.322 e. The highest BCUT2D eigenvalue weighted by Gasteiger charge is 2.32. The second kappa shape index (κ2) is 10.7. The first-order valence-corrected chi connectivity index (χ1v) is 13.4. The van der Waals surface area contributed by atoms with E-state index in [2.05, 4.69) is 9.97 Å². The highest BCUT2D eigenvalue weighted by Crippen LogP contribution is 2.33. The number of fused-ring (bicyclic) bond motifs is 1. The lowest BCUT2D eigenvalue weighted by Crippen LogP contribution is -2.31. The van der Waals surface area contributed by atoms with Gasteiger partial charge < -0.3 is 15.3 Å². The summed E-state index contributed by atoms with van der Waals surface area (Å²) in [6.45, 7) is -0.0181. The molecule has 3 aromatic carbocycles. The van der Waals surface area contributed by atoms with Crippen LogP contribution in [0.25, 0.3) is 27.7 Å². The van der Waals surface area contributed by atoms with Crippen molar-refractivity contribution in [1.29, 1.82) is 0 Å². The molecule has 5 rings (SSSR count). The Balaban J connectivity index is 1.65. The SMILES string of the molecule is COc1ncc(-c2ccc3nc(N)n(-c4ccccc4)c(=O)c3c2)cc1S(=O)(=O)N(OC=O)c1ccc(Cl)cc1. The van der Waals surface area contributed by atoms with E-state index < -0.39 is 15.6 Å². The average Bonchev–Trinajstić information content (AvgIpc) is 2.96. The van der Waals surface area contributed by atoms with Crippen molar-refractivity contribution in [3.05, 3.63) is 100 Å². The normalized spacial score (nSPS) is 11.2. The predicted octanol–water partition coefficient (Wildman–Crippen LogP) is 3.98. The lowest BCUT2D eigenvalue weighted by atomic mass is 10.1. The van der Waals surface area contributed by atoms with E-state index in [1.54, 1.807) is 42.5 Å². The van der Waals surface area contributed by atoms with Crippen LogP contribution in [-0.4, -0.2) is 36.5 Å². The van der Waals surface area contributed by atoms with Crippen molar-refractivity contribution in [3.8, 4) is 22.7 Å². The number of anilines is 2. The summed E-state index contributed by atoms with van der Waals surface area (Å²) in [6, 6.07) is 20.6. The molecule has 2 N–H and O–H groups in total. The third-order valence-electron chi connectivity index (χ3n) is 5.93. The summed E-state index contributed by atoms with van der Waals surface area (Å²) in [7, 11) is -3.29. The smallest absolute Gasteiger partial charge is 0.322 e. The Hall–Kier alpha value is -4.94. The molecule has 0 saturated heterocycles. The minimum absolute atomic E-state index is 0.0137. The molecule has 11 nitrogen and oxygen atoms in total. The molecule has 2 aromatic heterocycles. The quantitative estimate of drug-likeness (QED) is 0.214. The van der Waals surface area contributed by atoms with Crippen molar-refractivity contribution in [2.24, 2.45) is 0 Å². The van der Waals surface area contributed by atoms with Crippen LogP contribution in [0.5, 0.6) is 5.88 Å². The van der Waals surface area contributed by atoms with Gasteiger partial charge in [0.25, 0.3) is 5.56 Å². The topological polar surface area (TPSA) is 147 Å². The molecule has 5 aromatic rings. The zero-order valence-corrected chi connectivity index (χ0v) is 22.3. The molecule has 202 valence electrons. The van der Waals surface area contributed by atoms with E-state index in [1.165, 1.54) is 48.2 Å². The van der Waals surface area contributed by atoms with Crippen LogP contribution >= 0.6 is 11.6 Å². The number of rotatable bonds is 8. The minimum Gasteiger partial charge on any atom is -0.480 e. The molecule has 0 spiro atoms. The van der Waals surface area contributed by atoms with Gasteiger partial charge >= 0.3 is 16.5 Å². The van der Waals surface area contributed by atoms with Gasteiger partial charge in [-0.2, -0.15) is 8.42 Å². The standard InChI is InChI=1S/C27H20ClN5O6S/c1-38-25-24(40(36,37)33(39-16-34)21-10-8-19(28)9-11-21)14-18(15-30-25)17-7-12-23-22(13-17)26(35)32(27(29)31-23)20-5-3-2-4-6-20/h2-16H,1H3,(H2,29,31). The maximum absolute atomic E-state index is 13.7. The summed E-state index contributed by atoms with van der Waals surface area (Å²) in [6.07, 6.45) is 1.40. The van der Waals surface area contributed by atoms with Crippen molar-refractivity contribution in [2.75, 3.05) is 17.3 Å². The van der Waals surface area contributed by atoms with Gasteiger partial charge in [0.05, 0.1) is 29.4 Å². The van der Waals surface area contributed by atoms with Gasteiger partial charge in [0.1, 0.15) is 0 Å². The molecule has 0 aliphatic carbocycles. The monoisotopic (exact) mass is 577 g/mol. The van der Waals surface area contributed by atoms with Gasteiger partial charge in [0.15, 0.2) is 4.90 Å². The van der Waals surface area contributed by atoms with Gasteiger partial charge in [-0.1, -0.05) is 40.3 Å². The molecule has 0 aliphatic rings. The number of aromatic nitrogens is 3. The Kier molecular flexibility index (Phi) is 7.11. The molecular formula is C27H20ClN5O6S. The molecule has 0 fully saturated rings. The van der Waals surface area contributed by atoms with Gasteiger partial charge in [0.2, 0.25) is 11.8 Å². The molecule has 0 unspecified atom stereocenters. The summed E-state index contributed by atoms with van der Waals surface area (Å²) >= 11 is 5.92. The summed E-state index contributed by atoms with van der Waals surface area (Å²) in [5.74, 6) is -0.215. The first-order valence-electron chi connectivity index (χ1n) is 11.6. The first kappa shape index (κ1) is 26.7. The number of carbonyl (C=O) groups excluding carboxylic acids is 1. The molecule has 2 heterocycles. The number of nitrogens with two attached hydrogens (primary N) is 1. The van der Waals surface area contributed by atoms with Crippen LogP contribution < -0.4 is 20.5 Å². The molecule has 0 amide bonds. The van der Waals surface area contributed by atoms with E-state index >= 15 is 0 Å². The van der Waals surface area contributed by atoms with Crippen LogP contribution in [0.15, 0.2) is 94.7 Å². The van der Waals surface area contributed by atoms with E-state index in [1.807, 2.05) is 6.07 Å². The van der Waals surface area contributed by atoms with Crippen LogP contribution in [0, 0.1) is 0 Å². The summed E-state index contributed by atoms with van der Waals surface area (Å²) in [4.78, 5) is 37.7.